The number of imidazole rings is 1. The molecule has 0 bridgehead atoms. The third-order valence-electron chi connectivity index (χ3n) is 4.26. The highest BCUT2D eigenvalue weighted by atomic mass is 16.5. The van der Waals surface area contributed by atoms with Gasteiger partial charge in [-0.05, 0) is 55.7 Å². The average Bonchev–Trinajstić information content (AvgIpc) is 3.03. The fraction of sp³-hybridized carbons (Fsp3) is 0.300. The van der Waals surface area contributed by atoms with Crippen LogP contribution in [0.5, 0.6) is 5.75 Å². The molecule has 1 amide bonds. The van der Waals surface area contributed by atoms with E-state index in [0.29, 0.717) is 6.54 Å². The number of rotatable bonds is 7. The summed E-state index contributed by atoms with van der Waals surface area (Å²) in [6.07, 6.45) is 5.53. The summed E-state index contributed by atoms with van der Waals surface area (Å²) in [7, 11) is 0. The molecule has 5 nitrogen and oxygen atoms in total. The van der Waals surface area contributed by atoms with Gasteiger partial charge in [-0.3, -0.25) is 4.79 Å². The molecule has 0 atom stereocenters. The van der Waals surface area contributed by atoms with Crippen molar-refractivity contribution in [2.75, 3.05) is 13.2 Å². The van der Waals surface area contributed by atoms with Crippen LogP contribution in [-0.2, 0) is 11.2 Å². The maximum Gasteiger partial charge on any atom is 0.257 e. The number of fused-ring (bicyclic) bond motifs is 1. The summed E-state index contributed by atoms with van der Waals surface area (Å²) in [4.78, 5) is 16.3. The lowest BCUT2D eigenvalue weighted by molar-refractivity contribution is -0.123. The molecule has 2 aromatic heterocycles. The van der Waals surface area contributed by atoms with Crippen LogP contribution in [0.2, 0.25) is 0 Å². The Bertz CT molecular complexity index is 870. The largest absolute Gasteiger partial charge is 0.484 e. The minimum absolute atomic E-state index is 0.0365. The van der Waals surface area contributed by atoms with Crippen LogP contribution in [0, 0.1) is 13.8 Å². The summed E-state index contributed by atoms with van der Waals surface area (Å²) >= 11 is 0. The number of aromatic nitrogens is 2. The van der Waals surface area contributed by atoms with Gasteiger partial charge in [0.05, 0.1) is 11.7 Å². The first-order valence-corrected chi connectivity index (χ1v) is 8.51. The minimum Gasteiger partial charge on any atom is -0.484 e. The number of pyridine rings is 1. The summed E-state index contributed by atoms with van der Waals surface area (Å²) < 4.78 is 7.61. The molecule has 0 unspecified atom stereocenters. The molecule has 3 rings (SSSR count). The molecule has 5 heteroatoms. The number of carbonyl (C=O) groups is 1. The van der Waals surface area contributed by atoms with E-state index in [1.807, 2.05) is 55.7 Å². The van der Waals surface area contributed by atoms with E-state index < -0.39 is 0 Å². The van der Waals surface area contributed by atoms with Gasteiger partial charge >= 0.3 is 0 Å². The second-order valence-corrected chi connectivity index (χ2v) is 6.16. The van der Waals surface area contributed by atoms with Gasteiger partial charge in [0.15, 0.2) is 6.61 Å². The van der Waals surface area contributed by atoms with Gasteiger partial charge in [-0.15, -0.1) is 0 Å². The van der Waals surface area contributed by atoms with E-state index in [1.54, 1.807) is 0 Å². The van der Waals surface area contributed by atoms with Gasteiger partial charge in [0.2, 0.25) is 0 Å². The Kier molecular flexibility index (Phi) is 5.33. The van der Waals surface area contributed by atoms with Crippen LogP contribution < -0.4 is 10.1 Å². The standard InChI is InChI=1S/C20H23N3O2/c1-15-8-9-18(12-16(15)2)25-14-20(24)21-10-5-7-19-22-13-17-6-3-4-11-23(17)19/h3-4,6,8-9,11-13H,5,7,10,14H2,1-2H3,(H,21,24). The first-order chi connectivity index (χ1) is 12.1. The van der Waals surface area contributed by atoms with Crippen molar-refractivity contribution in [2.24, 2.45) is 0 Å². The van der Waals surface area contributed by atoms with E-state index in [9.17, 15) is 4.79 Å². The van der Waals surface area contributed by atoms with Crippen molar-refractivity contribution in [1.82, 2.24) is 14.7 Å². The SMILES string of the molecule is Cc1ccc(OCC(=O)NCCCc2ncc3ccccn23)cc1C. The molecule has 25 heavy (non-hydrogen) atoms. The van der Waals surface area contributed by atoms with Crippen molar-refractivity contribution in [3.8, 4) is 5.75 Å². The zero-order valence-corrected chi connectivity index (χ0v) is 14.7. The van der Waals surface area contributed by atoms with Gasteiger partial charge in [0.25, 0.3) is 5.91 Å². The Morgan fingerprint density at radius 1 is 1.20 bits per heavy atom. The van der Waals surface area contributed by atoms with Crippen LogP contribution in [0.1, 0.15) is 23.4 Å². The number of benzene rings is 1. The predicted molar refractivity (Wildman–Crippen MR) is 97.9 cm³/mol. The van der Waals surface area contributed by atoms with Crippen molar-refractivity contribution in [2.45, 2.75) is 26.7 Å². The molecule has 0 fully saturated rings. The molecule has 0 aliphatic rings. The summed E-state index contributed by atoms with van der Waals surface area (Å²) in [5.41, 5.74) is 3.46. The van der Waals surface area contributed by atoms with Gasteiger partial charge in [0.1, 0.15) is 11.6 Å². The third kappa shape index (κ3) is 4.38. The zero-order chi connectivity index (χ0) is 17.6. The fourth-order valence-electron chi connectivity index (χ4n) is 2.66. The normalized spacial score (nSPS) is 10.8. The molecule has 1 N–H and O–H groups in total. The molecule has 0 radical (unpaired) electrons. The quantitative estimate of drug-likeness (QED) is 0.674. The number of hydrogen-bond donors (Lipinski definition) is 1. The number of hydrogen-bond acceptors (Lipinski definition) is 3. The molecule has 0 saturated carbocycles. The van der Waals surface area contributed by atoms with Crippen LogP contribution in [0.3, 0.4) is 0 Å². The Morgan fingerprint density at radius 3 is 2.92 bits per heavy atom. The molecule has 0 aliphatic heterocycles. The van der Waals surface area contributed by atoms with Crippen molar-refractivity contribution in [3.05, 3.63) is 65.7 Å². The molecule has 0 spiro atoms. The van der Waals surface area contributed by atoms with Crippen LogP contribution in [0.25, 0.3) is 5.52 Å². The van der Waals surface area contributed by atoms with Crippen LogP contribution in [0.15, 0.2) is 48.8 Å². The predicted octanol–water partition coefficient (Wildman–Crippen LogP) is 3.08. The second kappa shape index (κ2) is 7.83. The molecule has 0 saturated heterocycles. The van der Waals surface area contributed by atoms with Crippen LogP contribution in [0.4, 0.5) is 0 Å². The van der Waals surface area contributed by atoms with E-state index >= 15 is 0 Å². The van der Waals surface area contributed by atoms with Crippen LogP contribution in [-0.4, -0.2) is 28.4 Å². The average molecular weight is 337 g/mol. The zero-order valence-electron chi connectivity index (χ0n) is 14.7. The highest BCUT2D eigenvalue weighted by Crippen LogP contribution is 2.16. The maximum atomic E-state index is 11.9. The van der Waals surface area contributed by atoms with E-state index in [1.165, 1.54) is 5.56 Å². The van der Waals surface area contributed by atoms with Crippen molar-refractivity contribution in [3.63, 3.8) is 0 Å². The first kappa shape index (κ1) is 17.0. The Labute approximate surface area is 147 Å². The molecule has 1 aromatic carbocycles. The summed E-state index contributed by atoms with van der Waals surface area (Å²) in [5, 5.41) is 2.89. The Morgan fingerprint density at radius 2 is 2.08 bits per heavy atom. The lowest BCUT2D eigenvalue weighted by atomic mass is 10.1. The smallest absolute Gasteiger partial charge is 0.257 e. The van der Waals surface area contributed by atoms with Gasteiger partial charge in [-0.1, -0.05) is 12.1 Å². The van der Waals surface area contributed by atoms with E-state index in [-0.39, 0.29) is 12.5 Å². The number of nitrogens with one attached hydrogen (secondary N) is 1. The molecule has 3 aromatic rings. The number of carbonyl (C=O) groups excluding carboxylic acids is 1. The third-order valence-corrected chi connectivity index (χ3v) is 4.26. The number of ether oxygens (including phenoxy) is 1. The van der Waals surface area contributed by atoms with E-state index in [2.05, 4.69) is 21.6 Å². The van der Waals surface area contributed by atoms with Gasteiger partial charge in [-0.2, -0.15) is 0 Å². The number of amides is 1. The molecule has 0 aliphatic carbocycles. The van der Waals surface area contributed by atoms with Crippen molar-refractivity contribution < 1.29 is 9.53 Å². The Balaban J connectivity index is 1.40. The molecule has 130 valence electrons. The minimum atomic E-state index is -0.105. The van der Waals surface area contributed by atoms with E-state index in [0.717, 1.165) is 35.5 Å². The highest BCUT2D eigenvalue weighted by molar-refractivity contribution is 5.77. The Hall–Kier alpha value is -2.82. The van der Waals surface area contributed by atoms with Crippen LogP contribution >= 0.6 is 0 Å². The fourth-order valence-corrected chi connectivity index (χ4v) is 2.66. The lowest BCUT2D eigenvalue weighted by Crippen LogP contribution is -2.30. The summed E-state index contributed by atoms with van der Waals surface area (Å²) in [6, 6.07) is 11.9. The molecular formula is C20H23N3O2. The summed E-state index contributed by atoms with van der Waals surface area (Å²) in [5.74, 6) is 1.63. The molecule has 2 heterocycles. The number of nitrogens with zero attached hydrogens (tertiary/aromatic N) is 2. The monoisotopic (exact) mass is 337 g/mol. The van der Waals surface area contributed by atoms with Gasteiger partial charge < -0.3 is 14.5 Å². The molecular weight excluding hydrogens is 314 g/mol. The van der Waals surface area contributed by atoms with Crippen molar-refractivity contribution in [1.29, 1.82) is 0 Å². The summed E-state index contributed by atoms with van der Waals surface area (Å²) in [6.45, 7) is 4.72. The van der Waals surface area contributed by atoms with Crippen molar-refractivity contribution >= 4 is 11.4 Å². The first-order valence-electron chi connectivity index (χ1n) is 8.51. The maximum absolute atomic E-state index is 11.9. The van der Waals surface area contributed by atoms with E-state index in [4.69, 9.17) is 4.74 Å². The van der Waals surface area contributed by atoms with Gasteiger partial charge in [-0.25, -0.2) is 4.98 Å². The van der Waals surface area contributed by atoms with Gasteiger partial charge in [0, 0.05) is 19.2 Å². The second-order valence-electron chi connectivity index (χ2n) is 6.16. The topological polar surface area (TPSA) is 55.6 Å². The lowest BCUT2D eigenvalue weighted by Gasteiger charge is -2.09. The number of aryl methyl sites for hydroxylation is 3. The highest BCUT2D eigenvalue weighted by Gasteiger charge is 2.05.